The van der Waals surface area contributed by atoms with Crippen molar-refractivity contribution in [2.24, 2.45) is 5.73 Å². The molecular formula is C20H15Cl2FN6O. The quantitative estimate of drug-likeness (QED) is 0.470. The van der Waals surface area contributed by atoms with Gasteiger partial charge in [-0.2, -0.15) is 10.2 Å². The van der Waals surface area contributed by atoms with Crippen molar-refractivity contribution >= 4 is 40.4 Å². The summed E-state index contributed by atoms with van der Waals surface area (Å²) in [4.78, 5) is 16.6. The number of anilines is 1. The molecule has 3 aromatic rings. The third kappa shape index (κ3) is 3.97. The molecule has 1 atom stereocenters. The van der Waals surface area contributed by atoms with Crippen LogP contribution in [0.2, 0.25) is 5.02 Å². The Bertz CT molecular complexity index is 1160. The average molecular weight is 445 g/mol. The minimum atomic E-state index is -1.44. The highest BCUT2D eigenvalue weighted by atomic mass is 35.5. The Balaban J connectivity index is 1.59. The summed E-state index contributed by atoms with van der Waals surface area (Å²) in [6, 6.07) is 10.4. The first-order valence-electron chi connectivity index (χ1n) is 8.83. The fourth-order valence-electron chi connectivity index (χ4n) is 3.08. The zero-order chi connectivity index (χ0) is 21.3. The summed E-state index contributed by atoms with van der Waals surface area (Å²) < 4.78 is 14.8. The lowest BCUT2D eigenvalue weighted by Crippen LogP contribution is -2.39. The van der Waals surface area contributed by atoms with Gasteiger partial charge < -0.3 is 11.1 Å². The Kier molecular flexibility index (Phi) is 5.38. The molecule has 2 aromatic heterocycles. The first-order chi connectivity index (χ1) is 14.3. The number of allylic oxidation sites excluding steroid dienone is 2. The molecule has 1 aliphatic rings. The second-order valence-corrected chi connectivity index (χ2v) is 7.67. The molecule has 1 aliphatic carbocycles. The van der Waals surface area contributed by atoms with Crippen LogP contribution in [0.3, 0.4) is 0 Å². The number of rotatable bonds is 4. The molecule has 10 heteroatoms. The van der Waals surface area contributed by atoms with Gasteiger partial charge in [0.1, 0.15) is 10.8 Å². The molecule has 3 N–H and O–H groups in total. The Hall–Kier alpha value is -3.07. The highest BCUT2D eigenvalue weighted by Gasteiger charge is 2.36. The topological polar surface area (TPSA) is 98.7 Å². The highest BCUT2D eigenvalue weighted by molar-refractivity contribution is 6.32. The van der Waals surface area contributed by atoms with Crippen molar-refractivity contribution in [2.75, 3.05) is 5.32 Å². The van der Waals surface area contributed by atoms with Crippen molar-refractivity contribution in [2.45, 2.75) is 11.4 Å². The predicted molar refractivity (Wildman–Crippen MR) is 113 cm³/mol. The molecule has 152 valence electrons. The monoisotopic (exact) mass is 444 g/mol. The predicted octanol–water partition coefficient (Wildman–Crippen LogP) is 3.86. The molecule has 0 fully saturated rings. The zero-order valence-corrected chi connectivity index (χ0v) is 16.9. The molecule has 30 heavy (non-hydrogen) atoms. The molecular weight excluding hydrogens is 430 g/mol. The summed E-state index contributed by atoms with van der Waals surface area (Å²) >= 11 is 12.7. The van der Waals surface area contributed by atoms with Crippen molar-refractivity contribution in [3.63, 3.8) is 0 Å². The van der Waals surface area contributed by atoms with Crippen LogP contribution in [0.25, 0.3) is 11.4 Å². The van der Waals surface area contributed by atoms with Gasteiger partial charge in [0.2, 0.25) is 0 Å². The van der Waals surface area contributed by atoms with E-state index in [-0.39, 0.29) is 22.7 Å². The van der Waals surface area contributed by atoms with E-state index in [0.717, 1.165) is 0 Å². The SMILES string of the molecule is NC1(Cl)CC(C(=O)Nc2cnc(-n3nccn3)c(Cl)c2)=C(F)C=C1c1ccccc1. The van der Waals surface area contributed by atoms with Gasteiger partial charge in [-0.1, -0.05) is 53.5 Å². The Morgan fingerprint density at radius 1 is 1.23 bits per heavy atom. The number of aromatic nitrogens is 4. The van der Waals surface area contributed by atoms with Crippen LogP contribution in [-0.2, 0) is 4.79 Å². The van der Waals surface area contributed by atoms with Crippen LogP contribution in [-0.4, -0.2) is 30.9 Å². The summed E-state index contributed by atoms with van der Waals surface area (Å²) in [5.41, 5.74) is 7.40. The molecule has 0 aliphatic heterocycles. The summed E-state index contributed by atoms with van der Waals surface area (Å²) in [6.07, 6.45) is 5.33. The third-order valence-corrected chi connectivity index (χ3v) is 5.10. The third-order valence-electron chi connectivity index (χ3n) is 4.49. The maximum absolute atomic E-state index is 14.8. The van der Waals surface area contributed by atoms with E-state index in [1.54, 1.807) is 24.3 Å². The van der Waals surface area contributed by atoms with Gasteiger partial charge in [-0.05, 0) is 23.3 Å². The molecule has 0 saturated heterocycles. The van der Waals surface area contributed by atoms with E-state index in [4.69, 9.17) is 28.9 Å². The van der Waals surface area contributed by atoms with E-state index in [2.05, 4.69) is 20.5 Å². The van der Waals surface area contributed by atoms with E-state index >= 15 is 0 Å². The Labute approximate surface area is 181 Å². The smallest absolute Gasteiger partial charge is 0.254 e. The lowest BCUT2D eigenvalue weighted by Gasteiger charge is -2.30. The minimum Gasteiger partial charge on any atom is -0.321 e. The fraction of sp³-hybridized carbons (Fsp3) is 0.100. The normalized spacial score (nSPS) is 18.9. The first kappa shape index (κ1) is 20.2. The minimum absolute atomic E-state index is 0.166. The number of pyridine rings is 1. The van der Waals surface area contributed by atoms with Crippen LogP contribution >= 0.6 is 23.2 Å². The highest BCUT2D eigenvalue weighted by Crippen LogP contribution is 2.40. The van der Waals surface area contributed by atoms with Gasteiger partial charge in [0.05, 0.1) is 34.9 Å². The van der Waals surface area contributed by atoms with E-state index in [0.29, 0.717) is 17.0 Å². The number of nitrogens with one attached hydrogen (secondary N) is 1. The van der Waals surface area contributed by atoms with Crippen molar-refractivity contribution < 1.29 is 9.18 Å². The van der Waals surface area contributed by atoms with E-state index in [1.807, 2.05) is 6.07 Å². The number of halogens is 3. The van der Waals surface area contributed by atoms with Crippen molar-refractivity contribution in [1.82, 2.24) is 20.0 Å². The number of nitrogens with zero attached hydrogens (tertiary/aromatic N) is 4. The molecule has 2 heterocycles. The van der Waals surface area contributed by atoms with E-state index in [1.165, 1.54) is 35.5 Å². The number of nitrogens with two attached hydrogens (primary N) is 1. The van der Waals surface area contributed by atoms with Crippen LogP contribution in [0.5, 0.6) is 0 Å². The van der Waals surface area contributed by atoms with Gasteiger partial charge in [0.15, 0.2) is 5.82 Å². The molecule has 4 rings (SSSR count). The molecule has 0 saturated carbocycles. The molecule has 1 amide bonds. The van der Waals surface area contributed by atoms with Crippen LogP contribution in [0.15, 0.2) is 72.5 Å². The Morgan fingerprint density at radius 3 is 2.60 bits per heavy atom. The number of hydrogen-bond donors (Lipinski definition) is 2. The molecule has 0 spiro atoms. The van der Waals surface area contributed by atoms with Crippen LogP contribution in [0.4, 0.5) is 10.1 Å². The number of benzene rings is 1. The summed E-state index contributed by atoms with van der Waals surface area (Å²) in [7, 11) is 0. The van der Waals surface area contributed by atoms with Crippen molar-refractivity contribution in [3.8, 4) is 5.82 Å². The van der Waals surface area contributed by atoms with E-state index < -0.39 is 16.7 Å². The molecule has 7 nitrogen and oxygen atoms in total. The lowest BCUT2D eigenvalue weighted by atomic mass is 9.87. The van der Waals surface area contributed by atoms with E-state index in [9.17, 15) is 9.18 Å². The van der Waals surface area contributed by atoms with Crippen LogP contribution < -0.4 is 11.1 Å². The van der Waals surface area contributed by atoms with Gasteiger partial charge >= 0.3 is 0 Å². The average Bonchev–Trinajstić information content (AvgIpc) is 3.24. The van der Waals surface area contributed by atoms with Crippen LogP contribution in [0.1, 0.15) is 12.0 Å². The number of hydrogen-bond acceptors (Lipinski definition) is 5. The number of carbonyl (C=O) groups excluding carboxylic acids is 1. The molecule has 1 unspecified atom stereocenters. The second-order valence-electron chi connectivity index (χ2n) is 6.59. The zero-order valence-electron chi connectivity index (χ0n) is 15.4. The summed E-state index contributed by atoms with van der Waals surface area (Å²) in [6.45, 7) is 0. The van der Waals surface area contributed by atoms with Gasteiger partial charge in [-0.25, -0.2) is 9.37 Å². The molecule has 0 radical (unpaired) electrons. The standard InChI is InChI=1S/C20H15Cl2FN6O/c21-16-8-13(11-25-18(16)29-26-6-7-27-29)28-19(30)14-10-20(22,24)15(9-17(14)23)12-4-2-1-3-5-12/h1-9,11H,10,24H2,(H,28,30). The van der Waals surface area contributed by atoms with Crippen molar-refractivity contribution in [1.29, 1.82) is 0 Å². The Morgan fingerprint density at radius 2 is 1.93 bits per heavy atom. The summed E-state index contributed by atoms with van der Waals surface area (Å²) in [5, 5.41) is 10.7. The number of carbonyl (C=O) groups is 1. The molecule has 0 bridgehead atoms. The van der Waals surface area contributed by atoms with Gasteiger partial charge in [0.25, 0.3) is 5.91 Å². The maximum Gasteiger partial charge on any atom is 0.254 e. The molecule has 1 aromatic carbocycles. The second kappa shape index (κ2) is 7.98. The number of amides is 1. The van der Waals surface area contributed by atoms with Gasteiger partial charge in [0, 0.05) is 6.42 Å². The van der Waals surface area contributed by atoms with Crippen LogP contribution in [0, 0.1) is 0 Å². The lowest BCUT2D eigenvalue weighted by molar-refractivity contribution is -0.113. The van der Waals surface area contributed by atoms with Gasteiger partial charge in [-0.3, -0.25) is 4.79 Å². The van der Waals surface area contributed by atoms with Crippen molar-refractivity contribution in [3.05, 3.63) is 83.1 Å². The first-order valence-corrected chi connectivity index (χ1v) is 9.58. The maximum atomic E-state index is 14.8. The number of alkyl halides is 1. The summed E-state index contributed by atoms with van der Waals surface area (Å²) in [5.74, 6) is -1.10. The largest absolute Gasteiger partial charge is 0.321 e. The fourth-order valence-corrected chi connectivity index (χ4v) is 3.62. The van der Waals surface area contributed by atoms with Gasteiger partial charge in [-0.15, -0.1) is 4.80 Å².